The van der Waals surface area contributed by atoms with Crippen molar-refractivity contribution in [2.45, 2.75) is 26.3 Å². The number of carbonyl (C=O) groups is 3. The van der Waals surface area contributed by atoms with E-state index in [0.29, 0.717) is 6.54 Å². The Labute approximate surface area is 117 Å². The topological polar surface area (TPSA) is 100 Å². The second-order valence-electron chi connectivity index (χ2n) is 4.27. The summed E-state index contributed by atoms with van der Waals surface area (Å²) in [6.45, 7) is 2.52. The normalized spacial score (nSPS) is 10.1. The summed E-state index contributed by atoms with van der Waals surface area (Å²) in [7, 11) is 0. The van der Waals surface area contributed by atoms with Crippen LogP contribution >= 0.6 is 0 Å². The lowest BCUT2D eigenvalue weighted by atomic mass is 10.3. The summed E-state index contributed by atoms with van der Waals surface area (Å²) in [5.74, 6) is -1.53. The van der Waals surface area contributed by atoms with Gasteiger partial charge in [0, 0.05) is 25.7 Å². The Morgan fingerprint density at radius 3 is 2.65 bits per heavy atom. The Kier molecular flexibility index (Phi) is 6.28. The second-order valence-corrected chi connectivity index (χ2v) is 4.27. The summed E-state index contributed by atoms with van der Waals surface area (Å²) in [5, 5.41) is 14.0. The van der Waals surface area contributed by atoms with Crippen molar-refractivity contribution in [3.8, 4) is 0 Å². The first-order valence-electron chi connectivity index (χ1n) is 6.46. The number of hydrogen-bond donors (Lipinski definition) is 3. The molecule has 0 aliphatic rings. The van der Waals surface area contributed by atoms with Crippen LogP contribution in [0.2, 0.25) is 0 Å². The number of aliphatic carboxylic acids is 1. The van der Waals surface area contributed by atoms with Crippen molar-refractivity contribution in [1.82, 2.24) is 15.2 Å². The molecular weight excluding hydrogens is 262 g/mol. The van der Waals surface area contributed by atoms with E-state index in [1.165, 1.54) is 16.8 Å². The maximum Gasteiger partial charge on any atom is 0.323 e. The Bertz CT molecular complexity index is 482. The quantitative estimate of drug-likeness (QED) is 0.634. The van der Waals surface area contributed by atoms with Gasteiger partial charge in [0.2, 0.25) is 5.91 Å². The highest BCUT2D eigenvalue weighted by molar-refractivity contribution is 5.93. The van der Waals surface area contributed by atoms with E-state index < -0.39 is 5.97 Å². The molecule has 0 aliphatic carbocycles. The fraction of sp³-hybridized carbons (Fsp3) is 0.462. The Morgan fingerprint density at radius 1 is 1.25 bits per heavy atom. The molecule has 7 heteroatoms. The maximum atomic E-state index is 11.8. The van der Waals surface area contributed by atoms with Gasteiger partial charge < -0.3 is 20.3 Å². The van der Waals surface area contributed by atoms with Crippen molar-refractivity contribution in [3.63, 3.8) is 0 Å². The SMILES string of the molecule is CCCNC(=O)CCNC(=O)c1cccn1CC(=O)O. The van der Waals surface area contributed by atoms with Gasteiger partial charge in [-0.15, -0.1) is 0 Å². The first-order chi connectivity index (χ1) is 9.54. The molecule has 110 valence electrons. The number of carboxylic acids is 1. The molecule has 0 aromatic carbocycles. The highest BCUT2D eigenvalue weighted by atomic mass is 16.4. The van der Waals surface area contributed by atoms with Crippen LogP contribution in [0.5, 0.6) is 0 Å². The third-order valence-corrected chi connectivity index (χ3v) is 2.58. The number of aromatic nitrogens is 1. The second kappa shape index (κ2) is 7.98. The molecule has 0 unspecified atom stereocenters. The molecule has 0 atom stereocenters. The summed E-state index contributed by atoms with van der Waals surface area (Å²) < 4.78 is 1.34. The minimum atomic E-state index is -1.02. The summed E-state index contributed by atoms with van der Waals surface area (Å²) in [4.78, 5) is 33.8. The lowest BCUT2D eigenvalue weighted by molar-refractivity contribution is -0.137. The first kappa shape index (κ1) is 15.7. The van der Waals surface area contributed by atoms with Gasteiger partial charge in [-0.2, -0.15) is 0 Å². The summed E-state index contributed by atoms with van der Waals surface area (Å²) in [6, 6.07) is 3.14. The van der Waals surface area contributed by atoms with Crippen molar-refractivity contribution in [1.29, 1.82) is 0 Å². The van der Waals surface area contributed by atoms with Gasteiger partial charge in [0.15, 0.2) is 0 Å². The molecule has 0 saturated carbocycles. The molecule has 0 spiro atoms. The molecule has 2 amide bonds. The van der Waals surface area contributed by atoms with Crippen LogP contribution in [-0.4, -0.2) is 40.5 Å². The molecule has 0 bridgehead atoms. The Hall–Kier alpha value is -2.31. The van der Waals surface area contributed by atoms with Crippen LogP contribution in [-0.2, 0) is 16.1 Å². The van der Waals surface area contributed by atoms with Crippen LogP contribution in [0.4, 0.5) is 0 Å². The summed E-state index contributed by atoms with van der Waals surface area (Å²) in [6.07, 6.45) is 2.59. The number of carbonyl (C=O) groups excluding carboxylic acids is 2. The van der Waals surface area contributed by atoms with Gasteiger partial charge >= 0.3 is 5.97 Å². The lowest BCUT2D eigenvalue weighted by Crippen LogP contribution is -2.32. The zero-order valence-electron chi connectivity index (χ0n) is 11.4. The average molecular weight is 281 g/mol. The Balaban J connectivity index is 2.41. The van der Waals surface area contributed by atoms with Gasteiger partial charge in [-0.3, -0.25) is 14.4 Å². The van der Waals surface area contributed by atoms with E-state index in [-0.39, 0.29) is 37.0 Å². The van der Waals surface area contributed by atoms with Crippen molar-refractivity contribution < 1.29 is 19.5 Å². The van der Waals surface area contributed by atoms with Crippen LogP contribution in [0.1, 0.15) is 30.3 Å². The average Bonchev–Trinajstić information content (AvgIpc) is 2.83. The zero-order chi connectivity index (χ0) is 15.0. The number of hydrogen-bond acceptors (Lipinski definition) is 3. The monoisotopic (exact) mass is 281 g/mol. The van der Waals surface area contributed by atoms with Gasteiger partial charge in [-0.25, -0.2) is 0 Å². The first-order valence-corrected chi connectivity index (χ1v) is 6.46. The molecule has 0 saturated heterocycles. The van der Waals surface area contributed by atoms with Crippen LogP contribution in [0.3, 0.4) is 0 Å². The van der Waals surface area contributed by atoms with Crippen LogP contribution in [0, 0.1) is 0 Å². The minimum absolute atomic E-state index is 0.118. The standard InChI is InChI=1S/C13H19N3O4/c1-2-6-14-11(17)5-7-15-13(20)10-4-3-8-16(10)9-12(18)19/h3-4,8H,2,5-7,9H2,1H3,(H,14,17)(H,15,20)(H,18,19). The van der Waals surface area contributed by atoms with Gasteiger partial charge in [0.1, 0.15) is 12.2 Å². The molecule has 1 aromatic rings. The van der Waals surface area contributed by atoms with Gasteiger partial charge in [-0.05, 0) is 18.6 Å². The molecule has 1 aromatic heterocycles. The Morgan fingerprint density at radius 2 is 2.00 bits per heavy atom. The molecular formula is C13H19N3O4. The van der Waals surface area contributed by atoms with E-state index in [0.717, 1.165) is 6.42 Å². The van der Waals surface area contributed by atoms with Crippen LogP contribution in [0.15, 0.2) is 18.3 Å². The smallest absolute Gasteiger partial charge is 0.323 e. The van der Waals surface area contributed by atoms with Crippen molar-refractivity contribution in [2.75, 3.05) is 13.1 Å². The molecule has 20 heavy (non-hydrogen) atoms. The summed E-state index contributed by atoms with van der Waals surface area (Å²) in [5.41, 5.74) is 0.265. The highest BCUT2D eigenvalue weighted by Gasteiger charge is 2.12. The van der Waals surface area contributed by atoms with Crippen molar-refractivity contribution in [2.24, 2.45) is 0 Å². The summed E-state index contributed by atoms with van der Waals surface area (Å²) >= 11 is 0. The maximum absolute atomic E-state index is 11.8. The van der Waals surface area contributed by atoms with E-state index in [4.69, 9.17) is 5.11 Å². The van der Waals surface area contributed by atoms with Crippen LogP contribution in [0.25, 0.3) is 0 Å². The fourth-order valence-corrected chi connectivity index (χ4v) is 1.64. The largest absolute Gasteiger partial charge is 0.480 e. The predicted molar refractivity (Wildman–Crippen MR) is 72.3 cm³/mol. The molecule has 3 N–H and O–H groups in total. The van der Waals surface area contributed by atoms with E-state index in [1.807, 2.05) is 6.92 Å². The van der Waals surface area contributed by atoms with E-state index in [2.05, 4.69) is 10.6 Å². The third kappa shape index (κ3) is 5.13. The number of amides is 2. The molecule has 0 aliphatic heterocycles. The van der Waals surface area contributed by atoms with Gasteiger partial charge in [-0.1, -0.05) is 6.92 Å². The van der Waals surface area contributed by atoms with Crippen LogP contribution < -0.4 is 10.6 Å². The number of nitrogens with zero attached hydrogens (tertiary/aromatic N) is 1. The van der Waals surface area contributed by atoms with Gasteiger partial charge in [0.25, 0.3) is 5.91 Å². The molecule has 0 fully saturated rings. The molecule has 1 heterocycles. The van der Waals surface area contributed by atoms with Crippen molar-refractivity contribution >= 4 is 17.8 Å². The molecule has 7 nitrogen and oxygen atoms in total. The molecule has 1 rings (SSSR count). The lowest BCUT2D eigenvalue weighted by Gasteiger charge is -2.08. The fourth-order valence-electron chi connectivity index (χ4n) is 1.64. The number of rotatable bonds is 8. The van der Waals surface area contributed by atoms with E-state index in [1.54, 1.807) is 6.07 Å². The minimum Gasteiger partial charge on any atom is -0.480 e. The number of nitrogens with one attached hydrogen (secondary N) is 2. The molecule has 0 radical (unpaired) electrons. The van der Waals surface area contributed by atoms with Gasteiger partial charge in [0.05, 0.1) is 0 Å². The highest BCUT2D eigenvalue weighted by Crippen LogP contribution is 2.02. The number of carboxylic acid groups (broad SMARTS) is 1. The van der Waals surface area contributed by atoms with E-state index in [9.17, 15) is 14.4 Å². The van der Waals surface area contributed by atoms with Crippen molar-refractivity contribution in [3.05, 3.63) is 24.0 Å². The third-order valence-electron chi connectivity index (χ3n) is 2.58. The zero-order valence-corrected chi connectivity index (χ0v) is 11.4. The van der Waals surface area contributed by atoms with E-state index >= 15 is 0 Å². The predicted octanol–water partition coefficient (Wildman–Crippen LogP) is 0.219.